The van der Waals surface area contributed by atoms with Crippen LogP contribution in [0.25, 0.3) is 21.0 Å². The van der Waals surface area contributed by atoms with Crippen LogP contribution in [0.4, 0.5) is 0 Å². The third kappa shape index (κ3) is 2.53. The summed E-state index contributed by atoms with van der Waals surface area (Å²) in [5.41, 5.74) is 0.859. The summed E-state index contributed by atoms with van der Waals surface area (Å²) >= 11 is 1.52. The second kappa shape index (κ2) is 5.10. The Kier molecular flexibility index (Phi) is 3.79. The van der Waals surface area contributed by atoms with Crippen molar-refractivity contribution in [3.05, 3.63) is 41.4 Å². The second-order valence-corrected chi connectivity index (χ2v) is 7.05. The molecule has 0 spiro atoms. The Morgan fingerprint density at radius 1 is 1.20 bits per heavy atom. The molecule has 0 aliphatic rings. The van der Waals surface area contributed by atoms with Gasteiger partial charge in [-0.1, -0.05) is 35.6 Å². The van der Waals surface area contributed by atoms with Crippen LogP contribution in [0.2, 0.25) is 0 Å². The van der Waals surface area contributed by atoms with Crippen LogP contribution in [0, 0.1) is 6.92 Å². The van der Waals surface area contributed by atoms with E-state index in [1.54, 1.807) is 4.57 Å². The van der Waals surface area contributed by atoms with Gasteiger partial charge in [0.05, 0.1) is 5.39 Å². The molecule has 0 aliphatic heterocycles. The number of hydrogen-bond acceptors (Lipinski definition) is 4. The molecule has 20 heavy (non-hydrogen) atoms. The number of benzene rings is 2. The molecule has 3 aromatic rings. The molecule has 0 bridgehead atoms. The van der Waals surface area contributed by atoms with Crippen LogP contribution in [0.1, 0.15) is 5.01 Å². The van der Waals surface area contributed by atoms with Gasteiger partial charge in [0.15, 0.2) is 0 Å². The largest absolute Gasteiger partial charge is 0.870 e. The van der Waals surface area contributed by atoms with Crippen LogP contribution in [-0.4, -0.2) is 18.4 Å². The predicted molar refractivity (Wildman–Crippen MR) is 77.7 cm³/mol. The molecule has 0 fully saturated rings. The molecular weight excluding hydrogens is 298 g/mol. The Bertz CT molecular complexity index is 884. The van der Waals surface area contributed by atoms with Gasteiger partial charge in [-0.2, -0.15) is 13.0 Å². The van der Waals surface area contributed by atoms with Crippen molar-refractivity contribution in [2.75, 3.05) is 0 Å². The molecule has 0 saturated heterocycles. The second-order valence-electron chi connectivity index (χ2n) is 4.39. The minimum atomic E-state index is -4.06. The van der Waals surface area contributed by atoms with Gasteiger partial charge in [-0.3, -0.25) is 4.55 Å². The van der Waals surface area contributed by atoms with Crippen LogP contribution < -0.4 is 4.57 Å². The van der Waals surface area contributed by atoms with E-state index in [4.69, 9.17) is 4.55 Å². The number of nitrogens with zero attached hydrogens (tertiary/aromatic N) is 1. The van der Waals surface area contributed by atoms with Crippen LogP contribution >= 0.6 is 11.3 Å². The SMILES string of the molecule is Cc1sc2ccc3ccccc3c2[n+]1CS(=O)(=O)O.[OH-]. The molecule has 0 atom stereocenters. The summed E-state index contributed by atoms with van der Waals surface area (Å²) in [6, 6.07) is 11.8. The Balaban J connectivity index is 0.00000147. The Morgan fingerprint density at radius 2 is 1.90 bits per heavy atom. The third-order valence-electron chi connectivity index (χ3n) is 3.06. The van der Waals surface area contributed by atoms with E-state index in [1.807, 2.05) is 43.3 Å². The summed E-state index contributed by atoms with van der Waals surface area (Å²) in [7, 11) is -4.06. The molecule has 0 saturated carbocycles. The fraction of sp³-hybridized carbons (Fsp3) is 0.154. The average Bonchev–Trinajstić information content (AvgIpc) is 2.64. The van der Waals surface area contributed by atoms with E-state index < -0.39 is 16.0 Å². The zero-order valence-electron chi connectivity index (χ0n) is 10.6. The first kappa shape index (κ1) is 14.9. The highest BCUT2D eigenvalue weighted by Gasteiger charge is 2.24. The number of fused-ring (bicyclic) bond motifs is 3. The molecule has 5 nitrogen and oxygen atoms in total. The molecule has 1 heterocycles. The molecule has 2 N–H and O–H groups in total. The first-order valence-electron chi connectivity index (χ1n) is 5.71. The van der Waals surface area contributed by atoms with Crippen molar-refractivity contribution in [3.63, 3.8) is 0 Å². The zero-order chi connectivity index (χ0) is 13.6. The molecular formula is C13H13NO4S2. The van der Waals surface area contributed by atoms with Crippen molar-refractivity contribution < 1.29 is 23.0 Å². The molecule has 0 amide bonds. The monoisotopic (exact) mass is 311 g/mol. The summed E-state index contributed by atoms with van der Waals surface area (Å²) in [6.07, 6.45) is 0. The van der Waals surface area contributed by atoms with Crippen LogP contribution in [0.15, 0.2) is 36.4 Å². The lowest BCUT2D eigenvalue weighted by molar-refractivity contribution is -0.652. The van der Waals surface area contributed by atoms with E-state index in [1.165, 1.54) is 11.3 Å². The summed E-state index contributed by atoms with van der Waals surface area (Å²) in [5, 5.41) is 2.90. The number of thiazole rings is 1. The molecule has 0 unspecified atom stereocenters. The van der Waals surface area contributed by atoms with Gasteiger partial charge in [0.2, 0.25) is 10.5 Å². The van der Waals surface area contributed by atoms with Gasteiger partial charge in [-0.05, 0) is 17.5 Å². The topological polar surface area (TPSA) is 88.2 Å². The Labute approximate surface area is 120 Å². The standard InChI is InChI=1S/C13H11NO3S2.H2O/c1-9-14(8-19(15,16)17)13-11-5-3-2-4-10(11)6-7-12(13)18-9;/h2-7H,8H2,1H3;1H2. The molecule has 2 aromatic carbocycles. The molecule has 0 aliphatic carbocycles. The van der Waals surface area contributed by atoms with Crippen molar-refractivity contribution in [1.29, 1.82) is 0 Å². The Hall–Kier alpha value is -1.54. The van der Waals surface area contributed by atoms with E-state index >= 15 is 0 Å². The molecule has 0 radical (unpaired) electrons. The smallest absolute Gasteiger partial charge is 0.326 e. The van der Waals surface area contributed by atoms with Gasteiger partial charge in [-0.15, -0.1) is 0 Å². The van der Waals surface area contributed by atoms with Gasteiger partial charge in [0.25, 0.3) is 5.88 Å². The number of aryl methyl sites for hydroxylation is 1. The lowest BCUT2D eigenvalue weighted by atomic mass is 10.1. The van der Waals surface area contributed by atoms with E-state index in [-0.39, 0.29) is 5.48 Å². The minimum absolute atomic E-state index is 0. The highest BCUT2D eigenvalue weighted by atomic mass is 32.2. The van der Waals surface area contributed by atoms with Crippen molar-refractivity contribution in [2.24, 2.45) is 0 Å². The first-order valence-corrected chi connectivity index (χ1v) is 8.14. The maximum atomic E-state index is 11.2. The molecule has 106 valence electrons. The van der Waals surface area contributed by atoms with Crippen LogP contribution in [-0.2, 0) is 16.0 Å². The van der Waals surface area contributed by atoms with Gasteiger partial charge in [0.1, 0.15) is 4.70 Å². The van der Waals surface area contributed by atoms with Gasteiger partial charge in [-0.25, -0.2) is 0 Å². The van der Waals surface area contributed by atoms with E-state index in [2.05, 4.69) is 0 Å². The van der Waals surface area contributed by atoms with E-state index in [0.717, 1.165) is 26.0 Å². The van der Waals surface area contributed by atoms with Gasteiger partial charge >= 0.3 is 10.1 Å². The highest BCUT2D eigenvalue weighted by Crippen LogP contribution is 2.27. The van der Waals surface area contributed by atoms with Crippen LogP contribution in [0.5, 0.6) is 0 Å². The minimum Gasteiger partial charge on any atom is -0.870 e. The maximum absolute atomic E-state index is 11.2. The average molecular weight is 311 g/mol. The van der Waals surface area contributed by atoms with Crippen molar-refractivity contribution in [3.8, 4) is 0 Å². The van der Waals surface area contributed by atoms with Crippen LogP contribution in [0.3, 0.4) is 0 Å². The summed E-state index contributed by atoms with van der Waals surface area (Å²) in [5.74, 6) is -0.410. The quantitative estimate of drug-likeness (QED) is 0.581. The summed E-state index contributed by atoms with van der Waals surface area (Å²) in [4.78, 5) is 0. The summed E-state index contributed by atoms with van der Waals surface area (Å²) in [6.45, 7) is 1.85. The molecule has 7 heteroatoms. The highest BCUT2D eigenvalue weighted by molar-refractivity contribution is 7.84. The van der Waals surface area contributed by atoms with Crippen molar-refractivity contribution >= 4 is 42.4 Å². The number of hydrogen-bond donors (Lipinski definition) is 1. The van der Waals surface area contributed by atoms with Crippen molar-refractivity contribution in [2.45, 2.75) is 12.8 Å². The maximum Gasteiger partial charge on any atom is 0.326 e. The fourth-order valence-electron chi connectivity index (χ4n) is 2.29. The predicted octanol–water partition coefficient (Wildman–Crippen LogP) is 2.32. The molecule has 1 aromatic heterocycles. The fourth-order valence-corrected chi connectivity index (χ4v) is 4.05. The first-order chi connectivity index (χ1) is 8.96. The third-order valence-corrected chi connectivity index (χ3v) is 4.71. The van der Waals surface area contributed by atoms with Crippen molar-refractivity contribution in [1.82, 2.24) is 0 Å². The number of aromatic nitrogens is 1. The number of rotatable bonds is 2. The van der Waals surface area contributed by atoms with Gasteiger partial charge in [0, 0.05) is 6.92 Å². The van der Waals surface area contributed by atoms with E-state index in [9.17, 15) is 8.42 Å². The normalized spacial score (nSPS) is 11.7. The molecule has 3 rings (SSSR count). The van der Waals surface area contributed by atoms with Gasteiger partial charge < -0.3 is 5.48 Å². The lowest BCUT2D eigenvalue weighted by Gasteiger charge is -1.98. The summed E-state index contributed by atoms with van der Waals surface area (Å²) < 4.78 is 34.1. The Morgan fingerprint density at radius 3 is 2.60 bits per heavy atom. The van der Waals surface area contributed by atoms with E-state index in [0.29, 0.717) is 0 Å². The lowest BCUT2D eigenvalue weighted by Crippen LogP contribution is -2.39. The zero-order valence-corrected chi connectivity index (χ0v) is 12.3.